The van der Waals surface area contributed by atoms with E-state index in [1.165, 1.54) is 0 Å². The van der Waals surface area contributed by atoms with Crippen LogP contribution >= 0.6 is 0 Å². The fourth-order valence-corrected chi connectivity index (χ4v) is 2.81. The van der Waals surface area contributed by atoms with Gasteiger partial charge in [-0.3, -0.25) is 14.6 Å². The molecule has 5 nitrogen and oxygen atoms in total. The van der Waals surface area contributed by atoms with Gasteiger partial charge in [-0.2, -0.15) is 0 Å². The normalized spacial score (nSPS) is 10.7. The second-order valence-electron chi connectivity index (χ2n) is 5.67. The average Bonchev–Trinajstić information content (AvgIpc) is 2.61. The molecule has 5 heteroatoms. The summed E-state index contributed by atoms with van der Waals surface area (Å²) in [4.78, 5) is 33.2. The number of nitrogens with zero attached hydrogens (tertiary/aromatic N) is 2. The molecule has 0 saturated heterocycles. The zero-order valence-corrected chi connectivity index (χ0v) is 13.5. The summed E-state index contributed by atoms with van der Waals surface area (Å²) in [6.45, 7) is 3.06. The number of carbonyl (C=O) groups excluding carboxylic acids is 1. The Labute approximate surface area is 140 Å². The van der Waals surface area contributed by atoms with Gasteiger partial charge < -0.3 is 9.88 Å². The number of nitrogens with one attached hydrogen (secondary N) is 1. The molecule has 0 fully saturated rings. The summed E-state index contributed by atoms with van der Waals surface area (Å²) in [6.07, 6.45) is 4.07. The molecule has 0 atom stereocenters. The van der Waals surface area contributed by atoms with E-state index in [9.17, 15) is 9.59 Å². The Balaban J connectivity index is 1.97. The van der Waals surface area contributed by atoms with E-state index in [1.807, 2.05) is 31.2 Å². The number of pyridine rings is 2. The Morgan fingerprint density at radius 1 is 1.17 bits per heavy atom. The zero-order valence-electron chi connectivity index (χ0n) is 13.5. The van der Waals surface area contributed by atoms with Crippen molar-refractivity contribution < 1.29 is 4.79 Å². The first-order valence-electron chi connectivity index (χ1n) is 7.99. The third-order valence-electron chi connectivity index (χ3n) is 3.91. The predicted molar refractivity (Wildman–Crippen MR) is 93.8 cm³/mol. The Hall–Kier alpha value is -2.95. The van der Waals surface area contributed by atoms with Crippen molar-refractivity contribution >= 4 is 16.8 Å². The first kappa shape index (κ1) is 15.9. The maximum absolute atomic E-state index is 12.8. The van der Waals surface area contributed by atoms with E-state index in [4.69, 9.17) is 0 Å². The molecule has 122 valence electrons. The number of benzene rings is 1. The lowest BCUT2D eigenvalue weighted by Gasteiger charge is -2.23. The van der Waals surface area contributed by atoms with Gasteiger partial charge in [-0.05, 0) is 30.2 Å². The molecule has 0 aliphatic heterocycles. The second kappa shape index (κ2) is 7.08. The minimum atomic E-state index is -0.156. The van der Waals surface area contributed by atoms with E-state index < -0.39 is 0 Å². The highest BCUT2D eigenvalue weighted by Crippen LogP contribution is 2.18. The smallest absolute Gasteiger partial charge is 0.254 e. The van der Waals surface area contributed by atoms with Crippen LogP contribution in [0, 0.1) is 0 Å². The van der Waals surface area contributed by atoms with Crippen molar-refractivity contribution in [2.75, 3.05) is 6.54 Å². The quantitative estimate of drug-likeness (QED) is 0.785. The highest BCUT2D eigenvalue weighted by molar-refractivity contribution is 5.94. The second-order valence-corrected chi connectivity index (χ2v) is 5.67. The summed E-state index contributed by atoms with van der Waals surface area (Å²) in [5, 5.41) is 0.959. The van der Waals surface area contributed by atoms with Gasteiger partial charge in [-0.25, -0.2) is 0 Å². The van der Waals surface area contributed by atoms with E-state index in [-0.39, 0.29) is 11.5 Å². The molecule has 0 bridgehead atoms. The van der Waals surface area contributed by atoms with Crippen molar-refractivity contribution in [3.05, 3.63) is 76.3 Å². The molecule has 3 aromatic rings. The number of hydrogen-bond acceptors (Lipinski definition) is 3. The number of hydrogen-bond donors (Lipinski definition) is 1. The Morgan fingerprint density at radius 2 is 1.92 bits per heavy atom. The summed E-state index contributed by atoms with van der Waals surface area (Å²) >= 11 is 0. The van der Waals surface area contributed by atoms with Crippen molar-refractivity contribution in [1.29, 1.82) is 0 Å². The molecular formula is C19H19N3O2. The van der Waals surface area contributed by atoms with Crippen LogP contribution in [-0.2, 0) is 6.54 Å². The summed E-state index contributed by atoms with van der Waals surface area (Å²) in [7, 11) is 0. The highest BCUT2D eigenvalue weighted by Gasteiger charge is 2.16. The van der Waals surface area contributed by atoms with Crippen LogP contribution in [-0.4, -0.2) is 27.3 Å². The fraction of sp³-hybridized carbons (Fsp3) is 0.211. The number of fused-ring (bicyclic) bond motifs is 1. The monoisotopic (exact) mass is 321 g/mol. The molecule has 1 N–H and O–H groups in total. The van der Waals surface area contributed by atoms with E-state index >= 15 is 0 Å². The van der Waals surface area contributed by atoms with Gasteiger partial charge in [0.15, 0.2) is 0 Å². The van der Waals surface area contributed by atoms with Crippen molar-refractivity contribution in [3.63, 3.8) is 0 Å². The molecule has 0 saturated carbocycles. The number of aromatic nitrogens is 2. The largest absolute Gasteiger partial charge is 0.334 e. The lowest BCUT2D eigenvalue weighted by molar-refractivity contribution is 0.0743. The number of aromatic amines is 1. The van der Waals surface area contributed by atoms with Crippen LogP contribution in [0.25, 0.3) is 10.9 Å². The first-order valence-corrected chi connectivity index (χ1v) is 7.99. The van der Waals surface area contributed by atoms with Gasteiger partial charge in [0.05, 0.1) is 0 Å². The van der Waals surface area contributed by atoms with Crippen LogP contribution in [0.3, 0.4) is 0 Å². The molecule has 2 aromatic heterocycles. The molecule has 0 radical (unpaired) electrons. The molecule has 24 heavy (non-hydrogen) atoms. The van der Waals surface area contributed by atoms with Crippen LogP contribution < -0.4 is 5.56 Å². The lowest BCUT2D eigenvalue weighted by Crippen LogP contribution is -2.31. The Kier molecular flexibility index (Phi) is 4.70. The molecule has 2 heterocycles. The Bertz CT molecular complexity index is 903. The molecular weight excluding hydrogens is 302 g/mol. The number of amides is 1. The molecule has 1 amide bonds. The van der Waals surface area contributed by atoms with E-state index in [0.29, 0.717) is 18.7 Å². The van der Waals surface area contributed by atoms with Crippen LogP contribution in [0.4, 0.5) is 0 Å². The van der Waals surface area contributed by atoms with Crippen molar-refractivity contribution in [3.8, 4) is 0 Å². The number of para-hydroxylation sites is 1. The maximum atomic E-state index is 12.8. The van der Waals surface area contributed by atoms with Gasteiger partial charge in [0.25, 0.3) is 5.91 Å². The van der Waals surface area contributed by atoms with Crippen LogP contribution in [0.1, 0.15) is 29.3 Å². The van der Waals surface area contributed by atoms with Gasteiger partial charge >= 0.3 is 0 Å². The minimum absolute atomic E-state index is 0.0522. The molecule has 0 aliphatic rings. The molecule has 0 spiro atoms. The topological polar surface area (TPSA) is 66.1 Å². The third kappa shape index (κ3) is 3.35. The van der Waals surface area contributed by atoms with Crippen molar-refractivity contribution in [2.45, 2.75) is 19.9 Å². The van der Waals surface area contributed by atoms with E-state index in [2.05, 4.69) is 9.97 Å². The molecule has 0 aliphatic carbocycles. The first-order chi connectivity index (χ1) is 11.7. The summed E-state index contributed by atoms with van der Waals surface area (Å²) < 4.78 is 0. The highest BCUT2D eigenvalue weighted by atomic mass is 16.2. The zero-order chi connectivity index (χ0) is 16.9. The lowest BCUT2D eigenvalue weighted by atomic mass is 10.1. The van der Waals surface area contributed by atoms with E-state index in [0.717, 1.165) is 22.9 Å². The molecule has 1 aromatic carbocycles. The maximum Gasteiger partial charge on any atom is 0.254 e. The summed E-state index contributed by atoms with van der Waals surface area (Å²) in [5.41, 5.74) is 2.09. The third-order valence-corrected chi connectivity index (χ3v) is 3.91. The summed E-state index contributed by atoms with van der Waals surface area (Å²) in [5.74, 6) is -0.0522. The standard InChI is InChI=1S/C19H19N3O2/c1-2-11-22(19(24)14-7-9-20-10-8-14)13-15-12-18(23)21-17-6-4-3-5-16(15)17/h3-10,12H,2,11,13H2,1H3,(H,21,23). The van der Waals surface area contributed by atoms with Crippen LogP contribution in [0.5, 0.6) is 0 Å². The van der Waals surface area contributed by atoms with Gasteiger partial charge in [0.1, 0.15) is 0 Å². The SMILES string of the molecule is CCCN(Cc1cc(=O)[nH]c2ccccc12)C(=O)c1ccncc1. The molecule has 3 rings (SSSR count). The van der Waals surface area contributed by atoms with Crippen LogP contribution in [0.15, 0.2) is 59.7 Å². The van der Waals surface area contributed by atoms with Crippen LogP contribution in [0.2, 0.25) is 0 Å². The minimum Gasteiger partial charge on any atom is -0.334 e. The van der Waals surface area contributed by atoms with Gasteiger partial charge in [-0.15, -0.1) is 0 Å². The van der Waals surface area contributed by atoms with Gasteiger partial charge in [0, 0.05) is 48.0 Å². The predicted octanol–water partition coefficient (Wildman–Crippen LogP) is 2.98. The average molecular weight is 321 g/mol. The number of H-pyrrole nitrogens is 1. The van der Waals surface area contributed by atoms with E-state index in [1.54, 1.807) is 35.5 Å². The number of rotatable bonds is 5. The molecule has 0 unspecified atom stereocenters. The van der Waals surface area contributed by atoms with Crippen molar-refractivity contribution in [1.82, 2.24) is 14.9 Å². The fourth-order valence-electron chi connectivity index (χ4n) is 2.81. The number of carbonyl (C=O) groups is 1. The van der Waals surface area contributed by atoms with Crippen molar-refractivity contribution in [2.24, 2.45) is 0 Å². The Morgan fingerprint density at radius 3 is 2.67 bits per heavy atom. The van der Waals surface area contributed by atoms with Gasteiger partial charge in [0.2, 0.25) is 5.56 Å². The van der Waals surface area contributed by atoms with Gasteiger partial charge in [-0.1, -0.05) is 25.1 Å². The summed E-state index contributed by atoms with van der Waals surface area (Å²) in [6, 6.07) is 12.6.